The lowest BCUT2D eigenvalue weighted by Gasteiger charge is -2.17. The predicted molar refractivity (Wildman–Crippen MR) is 119 cm³/mol. The van der Waals surface area contributed by atoms with Gasteiger partial charge >= 0.3 is 12.2 Å². The molecule has 0 radical (unpaired) electrons. The van der Waals surface area contributed by atoms with Crippen molar-refractivity contribution < 1.29 is 41.1 Å². The molecule has 0 aliphatic heterocycles. The molecule has 0 fully saturated rings. The van der Waals surface area contributed by atoms with Gasteiger partial charge in [-0.3, -0.25) is 14.9 Å². The molecule has 7 nitrogen and oxygen atoms in total. The first kappa shape index (κ1) is 26.4. The fraction of sp³-hybridized carbons (Fsp3) is 0.0870. The van der Waals surface area contributed by atoms with Crippen LogP contribution in [0.5, 0.6) is 11.5 Å². The highest BCUT2D eigenvalue weighted by atomic mass is 35.5. The number of nitrogens with two attached hydrogens (primary N) is 1. The van der Waals surface area contributed by atoms with Crippen LogP contribution in [0.3, 0.4) is 0 Å². The maximum Gasteiger partial charge on any atom is 0.417 e. The molecule has 0 bridgehead atoms. The van der Waals surface area contributed by atoms with Crippen molar-refractivity contribution >= 4 is 35.1 Å². The average Bonchev–Trinajstić information content (AvgIpc) is 2.76. The molecule has 0 saturated carbocycles. The summed E-state index contributed by atoms with van der Waals surface area (Å²) in [7, 11) is 0. The average molecular weight is 528 g/mol. The van der Waals surface area contributed by atoms with Crippen LogP contribution in [0, 0.1) is 18.6 Å². The minimum atomic E-state index is -4.89. The topological polar surface area (TPSA) is 111 Å². The maximum atomic E-state index is 14.0. The first-order valence-corrected chi connectivity index (χ1v) is 10.2. The van der Waals surface area contributed by atoms with Crippen LogP contribution in [0.1, 0.15) is 31.8 Å². The highest BCUT2D eigenvalue weighted by Gasteiger charge is 2.35. The summed E-state index contributed by atoms with van der Waals surface area (Å²) in [5.74, 6) is -4.48. The second-order valence-electron chi connectivity index (χ2n) is 7.30. The van der Waals surface area contributed by atoms with Crippen molar-refractivity contribution in [2.45, 2.75) is 13.1 Å². The van der Waals surface area contributed by atoms with E-state index in [1.807, 2.05) is 0 Å². The number of anilines is 1. The van der Waals surface area contributed by atoms with Crippen LogP contribution in [-0.2, 0) is 6.18 Å². The molecule has 0 aliphatic carbocycles. The minimum absolute atomic E-state index is 0.0342. The molecule has 13 heteroatoms. The number of amides is 4. The van der Waals surface area contributed by atoms with Gasteiger partial charge in [-0.1, -0.05) is 11.6 Å². The van der Waals surface area contributed by atoms with E-state index >= 15 is 0 Å². The van der Waals surface area contributed by atoms with Crippen LogP contribution < -0.4 is 21.1 Å². The van der Waals surface area contributed by atoms with E-state index in [0.717, 1.165) is 42.5 Å². The van der Waals surface area contributed by atoms with Crippen molar-refractivity contribution in [3.8, 4) is 11.5 Å². The molecule has 0 spiro atoms. The van der Waals surface area contributed by atoms with Crippen molar-refractivity contribution in [1.82, 2.24) is 5.32 Å². The Labute approximate surface area is 205 Å². The Hall–Kier alpha value is -4.19. The standard InChI is InChI=1S/C23H15ClF5N3O4/c1-10-6-11(25)2-5-18(10)36-19-9-15(23(27,28)29)16(24)8-14(19)21(34)31-12-3-4-17(26)13(7-12)20(33)32-22(30)35/h2-9H,1H3,(H,31,34)(H3,30,32,33,35). The van der Waals surface area contributed by atoms with Crippen LogP contribution in [-0.4, -0.2) is 17.8 Å². The molecule has 3 aromatic rings. The highest BCUT2D eigenvalue weighted by Crippen LogP contribution is 2.40. The molecule has 0 unspecified atom stereocenters. The van der Waals surface area contributed by atoms with E-state index in [0.29, 0.717) is 6.07 Å². The molecule has 188 valence electrons. The quantitative estimate of drug-likeness (QED) is 0.364. The lowest BCUT2D eigenvalue weighted by Crippen LogP contribution is -2.35. The van der Waals surface area contributed by atoms with Crippen molar-refractivity contribution in [2.75, 3.05) is 5.32 Å². The molecule has 0 heterocycles. The van der Waals surface area contributed by atoms with Gasteiger partial charge in [0.1, 0.15) is 23.1 Å². The summed E-state index contributed by atoms with van der Waals surface area (Å²) >= 11 is 5.77. The number of carbonyl (C=O) groups is 3. The summed E-state index contributed by atoms with van der Waals surface area (Å²) in [6.45, 7) is 1.44. The maximum absolute atomic E-state index is 14.0. The zero-order valence-corrected chi connectivity index (χ0v) is 18.9. The normalized spacial score (nSPS) is 11.1. The van der Waals surface area contributed by atoms with Crippen LogP contribution in [0.4, 0.5) is 32.4 Å². The van der Waals surface area contributed by atoms with Gasteiger partial charge in [-0.2, -0.15) is 13.2 Å². The first-order chi connectivity index (χ1) is 16.8. The summed E-state index contributed by atoms with van der Waals surface area (Å²) in [5, 5.41) is 3.14. The molecular weight excluding hydrogens is 513 g/mol. The van der Waals surface area contributed by atoms with Crippen LogP contribution in [0.2, 0.25) is 5.02 Å². The smallest absolute Gasteiger partial charge is 0.417 e. The number of primary amides is 1. The Kier molecular flexibility index (Phi) is 7.48. The Morgan fingerprint density at radius 3 is 2.22 bits per heavy atom. The molecule has 3 aromatic carbocycles. The third-order valence-corrected chi connectivity index (χ3v) is 4.99. The number of nitrogens with one attached hydrogen (secondary N) is 2. The third kappa shape index (κ3) is 6.08. The molecule has 3 rings (SSSR count). The fourth-order valence-corrected chi connectivity index (χ4v) is 3.30. The summed E-state index contributed by atoms with van der Waals surface area (Å²) in [6, 6.07) is 5.99. The van der Waals surface area contributed by atoms with E-state index in [9.17, 15) is 36.3 Å². The van der Waals surface area contributed by atoms with Gasteiger partial charge in [-0.05, 0) is 61.0 Å². The highest BCUT2D eigenvalue weighted by molar-refractivity contribution is 6.32. The van der Waals surface area contributed by atoms with Gasteiger partial charge in [0.15, 0.2) is 0 Å². The Balaban J connectivity index is 2.02. The zero-order valence-electron chi connectivity index (χ0n) is 18.1. The van der Waals surface area contributed by atoms with E-state index in [1.54, 1.807) is 5.32 Å². The summed E-state index contributed by atoms with van der Waals surface area (Å²) < 4.78 is 73.2. The number of benzene rings is 3. The Morgan fingerprint density at radius 1 is 0.917 bits per heavy atom. The van der Waals surface area contributed by atoms with Crippen molar-refractivity contribution in [3.63, 3.8) is 0 Å². The summed E-state index contributed by atoms with van der Waals surface area (Å²) in [6.07, 6.45) is -4.89. The third-order valence-electron chi connectivity index (χ3n) is 4.68. The number of carbonyl (C=O) groups excluding carboxylic acids is 3. The van der Waals surface area contributed by atoms with Gasteiger partial charge in [-0.15, -0.1) is 0 Å². The van der Waals surface area contributed by atoms with E-state index in [1.165, 1.54) is 6.92 Å². The van der Waals surface area contributed by atoms with Gasteiger partial charge in [0.25, 0.3) is 11.8 Å². The number of urea groups is 1. The number of rotatable bonds is 5. The molecular formula is C23H15ClF5N3O4. The zero-order chi connectivity index (χ0) is 26.8. The number of hydrogen-bond donors (Lipinski definition) is 3. The number of ether oxygens (including phenoxy) is 1. The molecule has 0 saturated heterocycles. The predicted octanol–water partition coefficient (Wildman–Crippen LogP) is 5.80. The Morgan fingerprint density at radius 2 is 1.61 bits per heavy atom. The van der Waals surface area contributed by atoms with Gasteiger partial charge in [0, 0.05) is 5.69 Å². The SMILES string of the molecule is Cc1cc(F)ccc1Oc1cc(C(F)(F)F)c(Cl)cc1C(=O)Nc1ccc(F)c(C(=O)NC(N)=O)c1. The largest absolute Gasteiger partial charge is 0.456 e. The number of hydrogen-bond acceptors (Lipinski definition) is 4. The lowest BCUT2D eigenvalue weighted by atomic mass is 10.1. The summed E-state index contributed by atoms with van der Waals surface area (Å²) in [4.78, 5) is 35.8. The van der Waals surface area contributed by atoms with Crippen LogP contribution >= 0.6 is 11.6 Å². The Bertz CT molecular complexity index is 1380. The van der Waals surface area contributed by atoms with Crippen molar-refractivity contribution in [1.29, 1.82) is 0 Å². The van der Waals surface area contributed by atoms with Crippen LogP contribution in [0.25, 0.3) is 0 Å². The molecule has 0 atom stereocenters. The van der Waals surface area contributed by atoms with E-state index < -0.39 is 63.1 Å². The van der Waals surface area contributed by atoms with E-state index in [2.05, 4.69) is 5.32 Å². The molecule has 4 N–H and O–H groups in total. The number of alkyl halides is 3. The molecule has 0 aliphatic rings. The van der Waals surface area contributed by atoms with Gasteiger partial charge < -0.3 is 15.8 Å². The first-order valence-electron chi connectivity index (χ1n) is 9.82. The summed E-state index contributed by atoms with van der Waals surface area (Å²) in [5.41, 5.74) is 2.53. The van der Waals surface area contributed by atoms with Crippen molar-refractivity contribution in [2.24, 2.45) is 5.73 Å². The van der Waals surface area contributed by atoms with E-state index in [4.69, 9.17) is 22.1 Å². The lowest BCUT2D eigenvalue weighted by molar-refractivity contribution is -0.137. The fourth-order valence-electron chi connectivity index (χ4n) is 3.03. The van der Waals surface area contributed by atoms with Gasteiger partial charge in [-0.25, -0.2) is 13.6 Å². The number of halogens is 6. The second-order valence-corrected chi connectivity index (χ2v) is 7.71. The van der Waals surface area contributed by atoms with Crippen LogP contribution in [0.15, 0.2) is 48.5 Å². The van der Waals surface area contributed by atoms with E-state index in [-0.39, 0.29) is 17.0 Å². The molecule has 36 heavy (non-hydrogen) atoms. The van der Waals surface area contributed by atoms with Gasteiger partial charge in [0.2, 0.25) is 0 Å². The second kappa shape index (κ2) is 10.2. The number of aryl methyl sites for hydroxylation is 1. The van der Waals surface area contributed by atoms with Crippen molar-refractivity contribution in [3.05, 3.63) is 87.4 Å². The number of imide groups is 1. The monoisotopic (exact) mass is 527 g/mol. The van der Waals surface area contributed by atoms with Gasteiger partial charge in [0.05, 0.1) is 21.7 Å². The molecule has 0 aromatic heterocycles. The molecule has 4 amide bonds. The minimum Gasteiger partial charge on any atom is -0.456 e.